The molecule has 1 N–H and O–H groups in total. The van der Waals surface area contributed by atoms with Crippen molar-refractivity contribution in [2.24, 2.45) is 5.10 Å². The van der Waals surface area contributed by atoms with E-state index in [-0.39, 0.29) is 33.8 Å². The number of rotatable bonds is 10. The topological polar surface area (TPSA) is 138 Å². The summed E-state index contributed by atoms with van der Waals surface area (Å²) in [4.78, 5) is 42.6. The number of carbonyl (C=O) groups excluding carboxylic acids is 1. The number of nitrogens with zero attached hydrogens (tertiary/aromatic N) is 4. The van der Waals surface area contributed by atoms with Gasteiger partial charge >= 0.3 is 5.69 Å². The SMILES string of the molecule is COc1cc(C)c(-c2nc3ccccc3c(=O)n2N=Cc2cc(Cl)cc([N+](=O)[O-])c2OCC(=O)Nc2cccc(F)c2)cc1C(C)C. The lowest BCUT2D eigenvalue weighted by atomic mass is 9.96. The molecule has 0 fully saturated rings. The van der Waals surface area contributed by atoms with Crippen LogP contribution in [0.1, 0.15) is 36.5 Å². The first-order valence-corrected chi connectivity index (χ1v) is 14.8. The van der Waals surface area contributed by atoms with Gasteiger partial charge in [0.15, 0.2) is 12.4 Å². The fourth-order valence-corrected chi connectivity index (χ4v) is 5.20. The van der Waals surface area contributed by atoms with Crippen molar-refractivity contribution in [1.29, 1.82) is 0 Å². The van der Waals surface area contributed by atoms with Crippen molar-refractivity contribution >= 4 is 46.0 Å². The van der Waals surface area contributed by atoms with E-state index < -0.39 is 34.5 Å². The molecule has 5 aromatic rings. The highest BCUT2D eigenvalue weighted by molar-refractivity contribution is 6.31. The zero-order valence-corrected chi connectivity index (χ0v) is 26.5. The van der Waals surface area contributed by atoms with Crippen LogP contribution in [0.2, 0.25) is 5.02 Å². The molecule has 0 radical (unpaired) electrons. The zero-order valence-electron chi connectivity index (χ0n) is 25.8. The van der Waals surface area contributed by atoms with Gasteiger partial charge in [-0.3, -0.25) is 19.7 Å². The molecular formula is C34H29ClFN5O6. The number of nitrogens with one attached hydrogen (secondary N) is 1. The first-order valence-electron chi connectivity index (χ1n) is 14.4. The molecule has 0 saturated heterocycles. The number of carbonyl (C=O) groups is 1. The standard InChI is InChI=1S/C34H29ClFN5O6/c1-19(2)26-16-27(20(3)12-30(26)46-4)33-39-28-11-6-5-10-25(28)34(43)40(33)37-17-21-13-22(35)14-29(41(44)45)32(21)47-18-31(42)38-24-9-7-8-23(36)15-24/h5-17,19H,18H2,1-4H3,(H,38,42). The maximum atomic E-state index is 13.9. The molecule has 13 heteroatoms. The summed E-state index contributed by atoms with van der Waals surface area (Å²) in [5.41, 5.74) is 1.90. The third-order valence-corrected chi connectivity index (χ3v) is 7.44. The second-order valence-electron chi connectivity index (χ2n) is 10.8. The lowest BCUT2D eigenvalue weighted by molar-refractivity contribution is -0.385. The number of amides is 1. The van der Waals surface area contributed by atoms with E-state index in [2.05, 4.69) is 10.4 Å². The molecule has 0 aliphatic carbocycles. The van der Waals surface area contributed by atoms with Crippen molar-refractivity contribution in [1.82, 2.24) is 9.66 Å². The molecular weight excluding hydrogens is 629 g/mol. The molecule has 11 nitrogen and oxygen atoms in total. The van der Waals surface area contributed by atoms with Crippen LogP contribution < -0.4 is 20.3 Å². The van der Waals surface area contributed by atoms with Crippen LogP contribution in [0.15, 0.2) is 82.7 Å². The Morgan fingerprint density at radius 3 is 2.62 bits per heavy atom. The van der Waals surface area contributed by atoms with Crippen LogP contribution in [-0.2, 0) is 4.79 Å². The van der Waals surface area contributed by atoms with Gasteiger partial charge < -0.3 is 14.8 Å². The summed E-state index contributed by atoms with van der Waals surface area (Å²) >= 11 is 6.24. The predicted molar refractivity (Wildman–Crippen MR) is 178 cm³/mol. The van der Waals surface area contributed by atoms with Crippen molar-refractivity contribution in [3.8, 4) is 22.9 Å². The number of aryl methyl sites for hydroxylation is 1. The van der Waals surface area contributed by atoms with Gasteiger partial charge in [0.2, 0.25) is 5.75 Å². The van der Waals surface area contributed by atoms with E-state index >= 15 is 0 Å². The lowest BCUT2D eigenvalue weighted by Crippen LogP contribution is -2.22. The van der Waals surface area contributed by atoms with Crippen LogP contribution in [0, 0.1) is 22.9 Å². The van der Waals surface area contributed by atoms with E-state index in [1.165, 1.54) is 30.5 Å². The molecule has 0 spiro atoms. The molecule has 0 aliphatic rings. The highest BCUT2D eigenvalue weighted by atomic mass is 35.5. The molecule has 5 rings (SSSR count). The predicted octanol–water partition coefficient (Wildman–Crippen LogP) is 7.10. The Hall–Kier alpha value is -5.62. The van der Waals surface area contributed by atoms with Gasteiger partial charge in [0, 0.05) is 27.9 Å². The molecule has 0 unspecified atom stereocenters. The maximum Gasteiger partial charge on any atom is 0.313 e. The Morgan fingerprint density at radius 2 is 1.91 bits per heavy atom. The fraction of sp³-hybridized carbons (Fsp3) is 0.176. The summed E-state index contributed by atoms with van der Waals surface area (Å²) in [5.74, 6) is -0.578. The quantitative estimate of drug-likeness (QED) is 0.0960. The minimum absolute atomic E-state index is 0.00788. The van der Waals surface area contributed by atoms with Crippen LogP contribution in [0.25, 0.3) is 22.3 Å². The number of hydrogen-bond acceptors (Lipinski definition) is 8. The average Bonchev–Trinajstić information content (AvgIpc) is 3.03. The van der Waals surface area contributed by atoms with Gasteiger partial charge in [0.1, 0.15) is 11.6 Å². The number of para-hydroxylation sites is 1. The van der Waals surface area contributed by atoms with Crippen LogP contribution in [-0.4, -0.2) is 40.4 Å². The fourth-order valence-electron chi connectivity index (χ4n) is 4.98. The van der Waals surface area contributed by atoms with Crippen molar-refractivity contribution in [2.45, 2.75) is 26.7 Å². The summed E-state index contributed by atoms with van der Waals surface area (Å²) in [6.45, 7) is 5.23. The Labute approximate surface area is 273 Å². The van der Waals surface area contributed by atoms with Crippen molar-refractivity contribution in [3.05, 3.63) is 121 Å². The molecule has 0 saturated carbocycles. The van der Waals surface area contributed by atoms with E-state index in [4.69, 9.17) is 26.1 Å². The molecule has 47 heavy (non-hydrogen) atoms. The van der Waals surface area contributed by atoms with Gasteiger partial charge in [0.05, 0.1) is 29.2 Å². The zero-order chi connectivity index (χ0) is 33.8. The Morgan fingerprint density at radius 1 is 1.15 bits per heavy atom. The van der Waals surface area contributed by atoms with Crippen LogP contribution in [0.4, 0.5) is 15.8 Å². The number of nitro benzene ring substituents is 1. The number of halogens is 2. The highest BCUT2D eigenvalue weighted by Crippen LogP contribution is 2.35. The van der Waals surface area contributed by atoms with Crippen LogP contribution in [0.3, 0.4) is 0 Å². The number of fused-ring (bicyclic) bond motifs is 1. The van der Waals surface area contributed by atoms with Crippen molar-refractivity contribution < 1.29 is 23.6 Å². The van der Waals surface area contributed by atoms with Gasteiger partial charge in [0.25, 0.3) is 11.5 Å². The summed E-state index contributed by atoms with van der Waals surface area (Å²) in [6, 6.07) is 18.2. The number of nitro groups is 1. The van der Waals surface area contributed by atoms with Gasteiger partial charge in [-0.2, -0.15) is 9.78 Å². The number of ether oxygens (including phenoxy) is 2. The number of benzene rings is 4. The number of anilines is 1. The smallest absolute Gasteiger partial charge is 0.313 e. The highest BCUT2D eigenvalue weighted by Gasteiger charge is 2.23. The number of methoxy groups -OCH3 is 1. The maximum absolute atomic E-state index is 13.9. The normalized spacial score (nSPS) is 11.3. The molecule has 4 aromatic carbocycles. The summed E-state index contributed by atoms with van der Waals surface area (Å²) in [5, 5.41) is 19.2. The molecule has 0 bridgehead atoms. The first-order chi connectivity index (χ1) is 22.5. The van der Waals surface area contributed by atoms with Crippen molar-refractivity contribution in [3.63, 3.8) is 0 Å². The third kappa shape index (κ3) is 7.12. The van der Waals surface area contributed by atoms with Gasteiger partial charge in [-0.25, -0.2) is 9.37 Å². The van der Waals surface area contributed by atoms with Crippen LogP contribution in [0.5, 0.6) is 11.5 Å². The van der Waals surface area contributed by atoms with E-state index in [0.29, 0.717) is 22.2 Å². The largest absolute Gasteiger partial charge is 0.496 e. The third-order valence-electron chi connectivity index (χ3n) is 7.22. The number of aromatic nitrogens is 2. The van der Waals surface area contributed by atoms with Gasteiger partial charge in [-0.15, -0.1) is 0 Å². The molecule has 1 aromatic heterocycles. The first kappa shape index (κ1) is 32.8. The van der Waals surface area contributed by atoms with Gasteiger partial charge in [-0.05, 0) is 72.5 Å². The molecule has 1 heterocycles. The van der Waals surface area contributed by atoms with E-state index in [1.807, 2.05) is 32.9 Å². The monoisotopic (exact) mass is 657 g/mol. The van der Waals surface area contributed by atoms with Crippen molar-refractivity contribution in [2.75, 3.05) is 19.0 Å². The van der Waals surface area contributed by atoms with E-state index in [1.54, 1.807) is 31.4 Å². The number of hydrogen-bond donors (Lipinski definition) is 1. The lowest BCUT2D eigenvalue weighted by Gasteiger charge is -2.17. The molecule has 0 atom stereocenters. The second-order valence-corrected chi connectivity index (χ2v) is 11.3. The Balaban J connectivity index is 1.62. The Kier molecular flexibility index (Phi) is 9.62. The van der Waals surface area contributed by atoms with Gasteiger partial charge in [-0.1, -0.05) is 43.6 Å². The minimum atomic E-state index is -0.716. The second kappa shape index (κ2) is 13.8. The molecule has 0 aliphatic heterocycles. The summed E-state index contributed by atoms with van der Waals surface area (Å²) < 4.78 is 25.9. The summed E-state index contributed by atoms with van der Waals surface area (Å²) in [6.07, 6.45) is 1.18. The Bertz CT molecular complexity index is 2110. The molecule has 1 amide bonds. The average molecular weight is 658 g/mol. The summed E-state index contributed by atoms with van der Waals surface area (Å²) in [7, 11) is 1.59. The van der Waals surface area contributed by atoms with Crippen LogP contribution >= 0.6 is 11.6 Å². The minimum Gasteiger partial charge on any atom is -0.496 e. The van der Waals surface area contributed by atoms with E-state index in [0.717, 1.165) is 27.9 Å². The molecule has 240 valence electrons. The van der Waals surface area contributed by atoms with E-state index in [9.17, 15) is 24.1 Å².